The molecule has 26 heavy (non-hydrogen) atoms. The molecule has 0 aromatic heterocycles. The minimum atomic E-state index is -0.499. The van der Waals surface area contributed by atoms with E-state index >= 15 is 0 Å². The summed E-state index contributed by atoms with van der Waals surface area (Å²) in [6.45, 7) is 9.99. The van der Waals surface area contributed by atoms with Crippen molar-refractivity contribution in [1.29, 1.82) is 0 Å². The molecule has 5 heteroatoms. The molecular formula is C21H25BO4. The van der Waals surface area contributed by atoms with Gasteiger partial charge in [0.2, 0.25) is 0 Å². The molecule has 0 aliphatic carbocycles. The van der Waals surface area contributed by atoms with E-state index in [1.54, 1.807) is 6.92 Å². The number of ether oxygens (including phenoxy) is 1. The molecule has 1 saturated heterocycles. The van der Waals surface area contributed by atoms with Crippen molar-refractivity contribution in [3.8, 4) is 5.75 Å². The Labute approximate surface area is 155 Å². The summed E-state index contributed by atoms with van der Waals surface area (Å²) in [5.74, 6) is 0.521. The minimum Gasteiger partial charge on any atom is -0.488 e. The summed E-state index contributed by atoms with van der Waals surface area (Å²) >= 11 is 0. The molecule has 136 valence electrons. The molecule has 1 aliphatic heterocycles. The van der Waals surface area contributed by atoms with Gasteiger partial charge in [0, 0.05) is 0 Å². The van der Waals surface area contributed by atoms with Crippen LogP contribution in [0.5, 0.6) is 5.75 Å². The topological polar surface area (TPSA) is 44.8 Å². The van der Waals surface area contributed by atoms with Crippen LogP contribution in [0.3, 0.4) is 0 Å². The number of hydrogen-bond donors (Lipinski definition) is 0. The van der Waals surface area contributed by atoms with Gasteiger partial charge in [0.15, 0.2) is 5.78 Å². The van der Waals surface area contributed by atoms with Crippen LogP contribution in [0.25, 0.3) is 0 Å². The number of rotatable bonds is 5. The number of carbonyl (C=O) groups is 1. The standard InChI is InChI=1S/C21H25BO4/c1-15(23)18-13-17(22-25-20(2,3)21(4,5)26-22)11-12-19(18)24-14-16-9-7-6-8-10-16/h6-13H,14H2,1-5H3. The van der Waals surface area contributed by atoms with Crippen molar-refractivity contribution in [1.82, 2.24) is 0 Å². The lowest BCUT2D eigenvalue weighted by Gasteiger charge is -2.32. The van der Waals surface area contributed by atoms with Crippen molar-refractivity contribution in [2.75, 3.05) is 0 Å². The van der Waals surface area contributed by atoms with Crippen LogP contribution in [0.15, 0.2) is 48.5 Å². The van der Waals surface area contributed by atoms with E-state index in [9.17, 15) is 4.79 Å². The molecule has 2 aromatic rings. The molecule has 2 aromatic carbocycles. The quantitative estimate of drug-likeness (QED) is 0.607. The number of ketones is 1. The maximum absolute atomic E-state index is 12.1. The molecule has 0 bridgehead atoms. The summed E-state index contributed by atoms with van der Waals surface area (Å²) in [4.78, 5) is 12.1. The molecule has 0 N–H and O–H groups in total. The molecular weight excluding hydrogens is 327 g/mol. The van der Waals surface area contributed by atoms with Crippen LogP contribution in [-0.2, 0) is 15.9 Å². The molecule has 4 nitrogen and oxygen atoms in total. The fourth-order valence-electron chi connectivity index (χ4n) is 2.81. The van der Waals surface area contributed by atoms with Crippen LogP contribution in [0.4, 0.5) is 0 Å². The third kappa shape index (κ3) is 3.69. The summed E-state index contributed by atoms with van der Waals surface area (Å²) in [5, 5.41) is 0. The third-order valence-electron chi connectivity index (χ3n) is 5.15. The molecule has 0 saturated carbocycles. The van der Waals surface area contributed by atoms with E-state index in [2.05, 4.69) is 0 Å². The average molecular weight is 352 g/mol. The van der Waals surface area contributed by atoms with E-state index in [0.29, 0.717) is 17.9 Å². The SMILES string of the molecule is CC(=O)c1cc(B2OC(C)(C)C(C)(C)O2)ccc1OCc1ccccc1. The Kier molecular flexibility index (Phi) is 4.95. The molecule has 0 atom stereocenters. The maximum atomic E-state index is 12.1. The fraction of sp³-hybridized carbons (Fsp3) is 0.381. The Bertz CT molecular complexity index is 783. The minimum absolute atomic E-state index is 0.0496. The first-order valence-corrected chi connectivity index (χ1v) is 8.87. The molecule has 1 fully saturated rings. The zero-order valence-electron chi connectivity index (χ0n) is 16.0. The second-order valence-electron chi connectivity index (χ2n) is 7.67. The van der Waals surface area contributed by atoms with Gasteiger partial charge < -0.3 is 14.0 Å². The van der Waals surface area contributed by atoms with Crippen LogP contribution in [0.1, 0.15) is 50.5 Å². The van der Waals surface area contributed by atoms with Crippen molar-refractivity contribution in [3.05, 3.63) is 59.7 Å². The van der Waals surface area contributed by atoms with Crippen molar-refractivity contribution < 1.29 is 18.8 Å². The van der Waals surface area contributed by atoms with Crippen LogP contribution in [0, 0.1) is 0 Å². The van der Waals surface area contributed by atoms with E-state index in [-0.39, 0.29) is 5.78 Å². The van der Waals surface area contributed by atoms with E-state index in [1.807, 2.05) is 76.2 Å². The lowest BCUT2D eigenvalue weighted by atomic mass is 9.78. The zero-order valence-corrected chi connectivity index (χ0v) is 16.0. The Morgan fingerprint density at radius 3 is 2.19 bits per heavy atom. The number of hydrogen-bond acceptors (Lipinski definition) is 4. The Morgan fingerprint density at radius 1 is 1.00 bits per heavy atom. The lowest BCUT2D eigenvalue weighted by molar-refractivity contribution is 0.00578. The van der Waals surface area contributed by atoms with E-state index in [0.717, 1.165) is 11.0 Å². The lowest BCUT2D eigenvalue weighted by Crippen LogP contribution is -2.41. The van der Waals surface area contributed by atoms with Gasteiger partial charge >= 0.3 is 7.12 Å². The summed E-state index contributed by atoms with van der Waals surface area (Å²) in [5.41, 5.74) is 1.57. The summed E-state index contributed by atoms with van der Waals surface area (Å²) < 4.78 is 18.0. The number of Topliss-reactive ketones (excluding diaryl/α,β-unsaturated/α-hetero) is 1. The highest BCUT2D eigenvalue weighted by molar-refractivity contribution is 6.62. The highest BCUT2D eigenvalue weighted by Gasteiger charge is 2.51. The molecule has 0 unspecified atom stereocenters. The summed E-state index contributed by atoms with van der Waals surface area (Å²) in [6.07, 6.45) is 0. The van der Waals surface area contributed by atoms with Gasteiger partial charge in [-0.3, -0.25) is 4.79 Å². The summed E-state index contributed by atoms with van der Waals surface area (Å²) in [7, 11) is -0.499. The summed E-state index contributed by atoms with van der Waals surface area (Å²) in [6, 6.07) is 15.4. The highest BCUT2D eigenvalue weighted by Crippen LogP contribution is 2.36. The molecule has 0 radical (unpaired) electrons. The number of carbonyl (C=O) groups excluding carboxylic acids is 1. The van der Waals surface area contributed by atoms with Gasteiger partial charge in [0.25, 0.3) is 0 Å². The predicted octanol–water partition coefficient (Wildman–Crippen LogP) is 3.77. The van der Waals surface area contributed by atoms with Gasteiger partial charge in [0.05, 0.1) is 16.8 Å². The Morgan fingerprint density at radius 2 is 1.62 bits per heavy atom. The predicted molar refractivity (Wildman–Crippen MR) is 103 cm³/mol. The first-order valence-electron chi connectivity index (χ1n) is 8.87. The second-order valence-corrected chi connectivity index (χ2v) is 7.67. The van der Waals surface area contributed by atoms with Crippen LogP contribution in [0.2, 0.25) is 0 Å². The van der Waals surface area contributed by atoms with E-state index in [1.165, 1.54) is 0 Å². The fourth-order valence-corrected chi connectivity index (χ4v) is 2.81. The van der Waals surface area contributed by atoms with Crippen LogP contribution in [-0.4, -0.2) is 24.1 Å². The van der Waals surface area contributed by atoms with Gasteiger partial charge in [-0.15, -0.1) is 0 Å². The van der Waals surface area contributed by atoms with Crippen LogP contribution >= 0.6 is 0 Å². The highest BCUT2D eigenvalue weighted by atomic mass is 16.7. The van der Waals surface area contributed by atoms with Gasteiger partial charge in [0.1, 0.15) is 12.4 Å². The smallest absolute Gasteiger partial charge is 0.488 e. The average Bonchev–Trinajstić information content (AvgIpc) is 2.81. The Hall–Kier alpha value is -2.11. The third-order valence-corrected chi connectivity index (χ3v) is 5.15. The van der Waals surface area contributed by atoms with Crippen molar-refractivity contribution in [2.45, 2.75) is 52.4 Å². The normalized spacial score (nSPS) is 18.0. The number of benzene rings is 2. The second kappa shape index (κ2) is 6.90. The molecule has 0 spiro atoms. The molecule has 1 aliphatic rings. The first-order chi connectivity index (χ1) is 12.2. The van der Waals surface area contributed by atoms with E-state index < -0.39 is 18.3 Å². The van der Waals surface area contributed by atoms with Gasteiger partial charge in [-0.1, -0.05) is 36.4 Å². The monoisotopic (exact) mass is 352 g/mol. The van der Waals surface area contributed by atoms with Crippen molar-refractivity contribution in [2.24, 2.45) is 0 Å². The largest absolute Gasteiger partial charge is 0.494 e. The van der Waals surface area contributed by atoms with Gasteiger partial charge in [-0.2, -0.15) is 0 Å². The molecule has 0 amide bonds. The van der Waals surface area contributed by atoms with Crippen molar-refractivity contribution in [3.63, 3.8) is 0 Å². The first kappa shape index (κ1) is 18.7. The molecule has 3 rings (SSSR count). The van der Waals surface area contributed by atoms with Crippen LogP contribution < -0.4 is 10.2 Å². The van der Waals surface area contributed by atoms with Gasteiger partial charge in [-0.25, -0.2) is 0 Å². The van der Waals surface area contributed by atoms with Crippen molar-refractivity contribution >= 4 is 18.4 Å². The zero-order chi connectivity index (χ0) is 18.9. The Balaban J connectivity index is 1.82. The van der Waals surface area contributed by atoms with Gasteiger partial charge in [-0.05, 0) is 57.8 Å². The maximum Gasteiger partial charge on any atom is 0.494 e. The molecule has 1 heterocycles. The van der Waals surface area contributed by atoms with E-state index in [4.69, 9.17) is 14.0 Å².